The standard InChI is InChI=1S/C42H50Br2O2/c1-24(2)30-34(28-18-12-9-13-19-28)40(45)38(43)32(26(5)6)36(30)42(22-16-11-17-23-42)37-31(25(3)4)35(29-20-14-10-15-21-29)41(46)39(44)33(37)27(7)8/h9-10,12-15,18-21,24-27,45-46H,11,16-17,22-23H2,1-8H3. The van der Waals surface area contributed by atoms with E-state index in [1.165, 1.54) is 39.8 Å². The predicted molar refractivity (Wildman–Crippen MR) is 203 cm³/mol. The Hall–Kier alpha value is -2.56. The Labute approximate surface area is 293 Å². The summed E-state index contributed by atoms with van der Waals surface area (Å²) in [7, 11) is 0. The molecule has 1 saturated carbocycles. The van der Waals surface area contributed by atoms with Crippen LogP contribution in [0.4, 0.5) is 0 Å². The van der Waals surface area contributed by atoms with E-state index in [1.54, 1.807) is 0 Å². The SMILES string of the molecule is CC(C)c1c(Br)c(O)c(-c2ccccc2)c(C(C)C)c1C1(c2c(C(C)C)c(Br)c(O)c(-c3ccccc3)c2C(C)C)CCCCC1. The smallest absolute Gasteiger partial charge is 0.138 e. The van der Waals surface area contributed by atoms with Crippen LogP contribution in [0.1, 0.15) is 145 Å². The van der Waals surface area contributed by atoms with Crippen molar-refractivity contribution < 1.29 is 10.2 Å². The van der Waals surface area contributed by atoms with Gasteiger partial charge in [-0.15, -0.1) is 0 Å². The topological polar surface area (TPSA) is 40.5 Å². The molecule has 0 heterocycles. The molecular weight excluding hydrogens is 696 g/mol. The molecule has 0 saturated heterocycles. The molecule has 2 N–H and O–H groups in total. The fraction of sp³-hybridized carbons (Fsp3) is 0.429. The van der Waals surface area contributed by atoms with E-state index in [0.717, 1.165) is 56.9 Å². The van der Waals surface area contributed by atoms with Crippen LogP contribution in [0, 0.1) is 0 Å². The fourth-order valence-electron chi connectivity index (χ4n) is 8.33. The summed E-state index contributed by atoms with van der Waals surface area (Å²) in [5.41, 5.74) is 11.3. The number of rotatable bonds is 8. The van der Waals surface area contributed by atoms with E-state index in [0.29, 0.717) is 11.5 Å². The van der Waals surface area contributed by atoms with Crippen molar-refractivity contribution in [3.8, 4) is 33.8 Å². The maximum Gasteiger partial charge on any atom is 0.138 e. The van der Waals surface area contributed by atoms with Crippen molar-refractivity contribution in [1.29, 1.82) is 0 Å². The van der Waals surface area contributed by atoms with Gasteiger partial charge in [-0.3, -0.25) is 0 Å². The first-order chi connectivity index (χ1) is 21.8. The minimum atomic E-state index is -0.323. The molecule has 0 amide bonds. The van der Waals surface area contributed by atoms with Crippen LogP contribution in [0.2, 0.25) is 0 Å². The second-order valence-corrected chi connectivity index (χ2v) is 16.1. The zero-order valence-corrected chi connectivity index (χ0v) is 31.9. The lowest BCUT2D eigenvalue weighted by atomic mass is 9.57. The number of halogens is 2. The first-order valence-corrected chi connectivity index (χ1v) is 18.7. The molecule has 4 aromatic carbocycles. The van der Waals surface area contributed by atoms with Crippen molar-refractivity contribution in [3.63, 3.8) is 0 Å². The fourth-order valence-corrected chi connectivity index (χ4v) is 10.0. The number of hydrogen-bond donors (Lipinski definition) is 2. The lowest BCUT2D eigenvalue weighted by Crippen LogP contribution is -2.37. The van der Waals surface area contributed by atoms with Gasteiger partial charge in [0.2, 0.25) is 0 Å². The van der Waals surface area contributed by atoms with Gasteiger partial charge in [0.1, 0.15) is 11.5 Å². The molecular formula is C42H50Br2O2. The van der Waals surface area contributed by atoms with Gasteiger partial charge in [0.15, 0.2) is 0 Å². The summed E-state index contributed by atoms with van der Waals surface area (Å²) >= 11 is 8.00. The van der Waals surface area contributed by atoms with Crippen LogP contribution in [0.3, 0.4) is 0 Å². The average Bonchev–Trinajstić information content (AvgIpc) is 3.03. The molecule has 1 fully saturated rings. The summed E-state index contributed by atoms with van der Waals surface area (Å²) in [6, 6.07) is 20.9. The molecule has 0 spiro atoms. The van der Waals surface area contributed by atoms with Gasteiger partial charge in [0.25, 0.3) is 0 Å². The Morgan fingerprint density at radius 2 is 0.826 bits per heavy atom. The molecule has 4 aromatic rings. The third kappa shape index (κ3) is 5.87. The van der Waals surface area contributed by atoms with Gasteiger partial charge in [-0.1, -0.05) is 135 Å². The highest BCUT2D eigenvalue weighted by Crippen LogP contribution is 2.61. The molecule has 244 valence electrons. The van der Waals surface area contributed by atoms with Crippen LogP contribution in [0.25, 0.3) is 22.3 Å². The van der Waals surface area contributed by atoms with E-state index < -0.39 is 0 Å². The zero-order chi connectivity index (χ0) is 33.5. The molecule has 4 heteroatoms. The Balaban J connectivity index is 2.10. The maximum atomic E-state index is 12.1. The van der Waals surface area contributed by atoms with Crippen molar-refractivity contribution in [2.24, 2.45) is 0 Å². The van der Waals surface area contributed by atoms with Crippen LogP contribution >= 0.6 is 31.9 Å². The third-order valence-corrected chi connectivity index (χ3v) is 11.7. The zero-order valence-electron chi connectivity index (χ0n) is 28.8. The van der Waals surface area contributed by atoms with Gasteiger partial charge in [-0.05, 0) is 113 Å². The van der Waals surface area contributed by atoms with E-state index in [4.69, 9.17) is 0 Å². The Kier molecular flexibility index (Phi) is 10.5. The van der Waals surface area contributed by atoms with E-state index in [1.807, 2.05) is 12.1 Å². The molecule has 0 bridgehead atoms. The van der Waals surface area contributed by atoms with Crippen LogP contribution in [-0.4, -0.2) is 10.2 Å². The number of hydrogen-bond acceptors (Lipinski definition) is 2. The molecule has 2 nitrogen and oxygen atoms in total. The van der Waals surface area contributed by atoms with Gasteiger partial charge in [0.05, 0.1) is 8.95 Å². The van der Waals surface area contributed by atoms with E-state index >= 15 is 0 Å². The molecule has 1 aliphatic carbocycles. The second kappa shape index (κ2) is 13.9. The average molecular weight is 747 g/mol. The molecule has 0 aliphatic heterocycles. The molecule has 0 unspecified atom stereocenters. The maximum absolute atomic E-state index is 12.1. The number of phenols is 2. The predicted octanol–water partition coefficient (Wildman–Crippen LogP) is 13.7. The van der Waals surface area contributed by atoms with Gasteiger partial charge >= 0.3 is 0 Å². The van der Waals surface area contributed by atoms with E-state index in [-0.39, 0.29) is 29.1 Å². The molecule has 0 aromatic heterocycles. The summed E-state index contributed by atoms with van der Waals surface area (Å²) in [6.07, 6.45) is 5.50. The van der Waals surface area contributed by atoms with Gasteiger partial charge in [-0.25, -0.2) is 0 Å². The van der Waals surface area contributed by atoms with Crippen molar-refractivity contribution >= 4 is 31.9 Å². The summed E-state index contributed by atoms with van der Waals surface area (Å²) < 4.78 is 1.62. The Morgan fingerprint density at radius 3 is 1.13 bits per heavy atom. The van der Waals surface area contributed by atoms with Gasteiger partial charge in [0, 0.05) is 16.5 Å². The highest BCUT2D eigenvalue weighted by molar-refractivity contribution is 9.11. The normalized spacial score (nSPS) is 15.0. The minimum Gasteiger partial charge on any atom is -0.506 e. The minimum absolute atomic E-state index is 0.166. The highest BCUT2D eigenvalue weighted by Gasteiger charge is 2.46. The second-order valence-electron chi connectivity index (χ2n) is 14.5. The largest absolute Gasteiger partial charge is 0.506 e. The lowest BCUT2D eigenvalue weighted by molar-refractivity contribution is 0.333. The first kappa shape index (κ1) is 34.8. The molecule has 46 heavy (non-hydrogen) atoms. The monoisotopic (exact) mass is 744 g/mol. The van der Waals surface area contributed by atoms with Crippen LogP contribution in [0.15, 0.2) is 69.6 Å². The van der Waals surface area contributed by atoms with Crippen LogP contribution in [0.5, 0.6) is 11.5 Å². The van der Waals surface area contributed by atoms with Gasteiger partial charge in [-0.2, -0.15) is 0 Å². The van der Waals surface area contributed by atoms with Crippen LogP contribution in [-0.2, 0) is 5.41 Å². The van der Waals surface area contributed by atoms with E-state index in [2.05, 4.69) is 136 Å². The summed E-state index contributed by atoms with van der Waals surface area (Å²) in [4.78, 5) is 0. The van der Waals surface area contributed by atoms with Gasteiger partial charge < -0.3 is 10.2 Å². The Morgan fingerprint density at radius 1 is 0.500 bits per heavy atom. The van der Waals surface area contributed by atoms with Crippen molar-refractivity contribution in [3.05, 3.63) is 103 Å². The summed E-state index contributed by atoms with van der Waals surface area (Å²) in [6.45, 7) is 18.2. The molecule has 0 atom stereocenters. The summed E-state index contributed by atoms with van der Waals surface area (Å²) in [5.74, 6) is 1.35. The third-order valence-electron chi connectivity index (χ3n) is 10.1. The van der Waals surface area contributed by atoms with Crippen LogP contribution < -0.4 is 0 Å². The van der Waals surface area contributed by atoms with Crippen molar-refractivity contribution in [2.75, 3.05) is 0 Å². The number of aromatic hydroxyl groups is 2. The summed E-state index contributed by atoms with van der Waals surface area (Å²) in [5, 5.41) is 24.1. The van der Waals surface area contributed by atoms with E-state index in [9.17, 15) is 10.2 Å². The number of phenolic OH excluding ortho intramolecular Hbond substituents is 2. The molecule has 1 aliphatic rings. The quantitative estimate of drug-likeness (QED) is 0.188. The lowest BCUT2D eigenvalue weighted by Gasteiger charge is -2.47. The molecule has 0 radical (unpaired) electrons. The number of benzene rings is 4. The molecule has 5 rings (SSSR count). The van der Waals surface area contributed by atoms with Crippen molar-refractivity contribution in [1.82, 2.24) is 0 Å². The Bertz CT molecular complexity index is 1580. The first-order valence-electron chi connectivity index (χ1n) is 17.1. The van der Waals surface area contributed by atoms with Crippen molar-refractivity contribution in [2.45, 2.75) is 117 Å². The highest BCUT2D eigenvalue weighted by atomic mass is 79.9.